The monoisotopic (exact) mass is 221 g/mol. The third-order valence-electron chi connectivity index (χ3n) is 3.42. The zero-order valence-corrected chi connectivity index (χ0v) is 9.92. The van der Waals surface area contributed by atoms with Gasteiger partial charge >= 0.3 is 0 Å². The number of pyridine rings is 1. The van der Waals surface area contributed by atoms with Gasteiger partial charge in [-0.15, -0.1) is 0 Å². The van der Waals surface area contributed by atoms with E-state index in [-0.39, 0.29) is 5.60 Å². The highest BCUT2D eigenvalue weighted by Crippen LogP contribution is 2.34. The molecule has 0 radical (unpaired) electrons. The fourth-order valence-corrected chi connectivity index (χ4v) is 1.95. The molecule has 4 nitrogen and oxygen atoms in total. The van der Waals surface area contributed by atoms with E-state index in [2.05, 4.69) is 10.3 Å². The molecule has 1 aliphatic carbocycles. The topological polar surface area (TPSA) is 60.2 Å². The molecule has 0 spiro atoms. The van der Waals surface area contributed by atoms with E-state index in [0.29, 0.717) is 0 Å². The van der Waals surface area contributed by atoms with E-state index in [4.69, 9.17) is 10.5 Å². The molecule has 0 unspecified atom stereocenters. The standard InChI is InChI=1S/C12H19N3O/c1-9-10(13)4-5-11(15-9)14-8-12(16-2)6-3-7-12/h4-5H,3,6-8,13H2,1-2H3,(H,14,15). The van der Waals surface area contributed by atoms with Crippen molar-refractivity contribution in [3.63, 3.8) is 0 Å². The van der Waals surface area contributed by atoms with Gasteiger partial charge in [0.1, 0.15) is 5.82 Å². The van der Waals surface area contributed by atoms with Crippen LogP contribution in [0.5, 0.6) is 0 Å². The number of aryl methyl sites for hydroxylation is 1. The van der Waals surface area contributed by atoms with Crippen LogP contribution in [0.25, 0.3) is 0 Å². The molecule has 4 heteroatoms. The Hall–Kier alpha value is -1.29. The number of hydrogen-bond donors (Lipinski definition) is 2. The number of methoxy groups -OCH3 is 1. The minimum atomic E-state index is 0.0248. The van der Waals surface area contributed by atoms with E-state index >= 15 is 0 Å². The first-order valence-electron chi connectivity index (χ1n) is 5.67. The molecule has 0 bridgehead atoms. The summed E-state index contributed by atoms with van der Waals surface area (Å²) in [6.45, 7) is 2.73. The minimum absolute atomic E-state index is 0.0248. The van der Waals surface area contributed by atoms with Crippen LogP contribution in [0.15, 0.2) is 12.1 Å². The Bertz CT molecular complexity index is 369. The molecule has 0 aliphatic heterocycles. The van der Waals surface area contributed by atoms with E-state index in [9.17, 15) is 0 Å². The van der Waals surface area contributed by atoms with E-state index in [1.54, 1.807) is 7.11 Å². The van der Waals surface area contributed by atoms with Crippen molar-refractivity contribution in [2.45, 2.75) is 31.8 Å². The van der Waals surface area contributed by atoms with Gasteiger partial charge in [0, 0.05) is 13.7 Å². The molecule has 16 heavy (non-hydrogen) atoms. The van der Waals surface area contributed by atoms with Crippen LogP contribution in [0, 0.1) is 6.92 Å². The molecule has 2 rings (SSSR count). The molecule has 3 N–H and O–H groups in total. The molecule has 0 aromatic carbocycles. The van der Waals surface area contributed by atoms with Crippen LogP contribution in [0.1, 0.15) is 25.0 Å². The van der Waals surface area contributed by atoms with Crippen molar-refractivity contribution in [2.24, 2.45) is 0 Å². The van der Waals surface area contributed by atoms with Crippen molar-refractivity contribution in [3.8, 4) is 0 Å². The van der Waals surface area contributed by atoms with Crippen LogP contribution in [-0.2, 0) is 4.74 Å². The third-order valence-corrected chi connectivity index (χ3v) is 3.42. The maximum atomic E-state index is 5.72. The average molecular weight is 221 g/mol. The molecule has 0 amide bonds. The molecule has 0 atom stereocenters. The molecule has 1 aromatic heterocycles. The summed E-state index contributed by atoms with van der Waals surface area (Å²) in [5.41, 5.74) is 7.34. The molecule has 1 aromatic rings. The van der Waals surface area contributed by atoms with Gasteiger partial charge in [-0.1, -0.05) is 0 Å². The second-order valence-corrected chi connectivity index (χ2v) is 4.47. The smallest absolute Gasteiger partial charge is 0.126 e. The van der Waals surface area contributed by atoms with Gasteiger partial charge in [-0.05, 0) is 38.3 Å². The lowest BCUT2D eigenvalue weighted by atomic mass is 9.80. The van der Waals surface area contributed by atoms with Gasteiger partial charge in [-0.3, -0.25) is 0 Å². The maximum Gasteiger partial charge on any atom is 0.126 e. The number of nitrogens with zero attached hydrogens (tertiary/aromatic N) is 1. The highest BCUT2D eigenvalue weighted by molar-refractivity contribution is 5.49. The number of nitrogens with one attached hydrogen (secondary N) is 1. The molecule has 1 aliphatic rings. The van der Waals surface area contributed by atoms with Gasteiger partial charge < -0.3 is 15.8 Å². The van der Waals surface area contributed by atoms with Crippen LogP contribution in [-0.4, -0.2) is 24.2 Å². The number of rotatable bonds is 4. The Morgan fingerprint density at radius 2 is 2.25 bits per heavy atom. The lowest BCUT2D eigenvalue weighted by molar-refractivity contribution is -0.0601. The number of aromatic nitrogens is 1. The zero-order chi connectivity index (χ0) is 11.6. The summed E-state index contributed by atoms with van der Waals surface area (Å²) in [7, 11) is 1.78. The molecular weight excluding hydrogens is 202 g/mol. The molecule has 88 valence electrons. The first-order chi connectivity index (χ1) is 7.65. The van der Waals surface area contributed by atoms with Gasteiger partial charge in [0.05, 0.1) is 17.0 Å². The van der Waals surface area contributed by atoms with Crippen LogP contribution in [0.2, 0.25) is 0 Å². The summed E-state index contributed by atoms with van der Waals surface area (Å²) in [5, 5.41) is 3.31. The van der Waals surface area contributed by atoms with Crippen molar-refractivity contribution in [2.75, 3.05) is 24.7 Å². The molecule has 0 saturated heterocycles. The lowest BCUT2D eigenvalue weighted by Gasteiger charge is -2.40. The summed E-state index contributed by atoms with van der Waals surface area (Å²) in [6, 6.07) is 3.79. The highest BCUT2D eigenvalue weighted by Gasteiger charge is 2.36. The molecule has 1 saturated carbocycles. The van der Waals surface area contributed by atoms with Crippen molar-refractivity contribution in [1.29, 1.82) is 0 Å². The number of nitrogens with two attached hydrogens (primary N) is 1. The van der Waals surface area contributed by atoms with Gasteiger partial charge in [0.2, 0.25) is 0 Å². The van der Waals surface area contributed by atoms with Crippen molar-refractivity contribution in [1.82, 2.24) is 4.98 Å². The van der Waals surface area contributed by atoms with Crippen molar-refractivity contribution in [3.05, 3.63) is 17.8 Å². The fraction of sp³-hybridized carbons (Fsp3) is 0.583. The summed E-state index contributed by atoms with van der Waals surface area (Å²) < 4.78 is 5.53. The quantitative estimate of drug-likeness (QED) is 0.816. The van der Waals surface area contributed by atoms with Crippen LogP contribution >= 0.6 is 0 Å². The van der Waals surface area contributed by atoms with Crippen molar-refractivity contribution >= 4 is 11.5 Å². The maximum absolute atomic E-state index is 5.72. The SMILES string of the molecule is COC1(CNc2ccc(N)c(C)n2)CCC1. The van der Waals surface area contributed by atoms with E-state index in [1.165, 1.54) is 6.42 Å². The number of anilines is 2. The molecule has 1 fully saturated rings. The van der Waals surface area contributed by atoms with Crippen LogP contribution in [0.3, 0.4) is 0 Å². The van der Waals surface area contributed by atoms with Gasteiger partial charge in [0.25, 0.3) is 0 Å². The van der Waals surface area contributed by atoms with Crippen LogP contribution in [0.4, 0.5) is 11.5 Å². The Labute approximate surface area is 96.2 Å². The summed E-state index contributed by atoms with van der Waals surface area (Å²) in [5.74, 6) is 0.870. The summed E-state index contributed by atoms with van der Waals surface area (Å²) in [4.78, 5) is 4.38. The van der Waals surface area contributed by atoms with E-state index in [1.807, 2.05) is 19.1 Å². The van der Waals surface area contributed by atoms with E-state index in [0.717, 1.165) is 36.6 Å². The molecular formula is C12H19N3O. The summed E-state index contributed by atoms with van der Waals surface area (Å²) in [6.07, 6.45) is 3.51. The Morgan fingerprint density at radius 3 is 2.75 bits per heavy atom. The van der Waals surface area contributed by atoms with Crippen LogP contribution < -0.4 is 11.1 Å². The number of nitrogen functional groups attached to an aromatic ring is 1. The minimum Gasteiger partial charge on any atom is -0.397 e. The summed E-state index contributed by atoms with van der Waals surface area (Å²) >= 11 is 0. The van der Waals surface area contributed by atoms with Gasteiger partial charge in [-0.2, -0.15) is 0 Å². The first kappa shape index (κ1) is 11.2. The number of ether oxygens (including phenoxy) is 1. The zero-order valence-electron chi connectivity index (χ0n) is 9.92. The third kappa shape index (κ3) is 2.11. The first-order valence-corrected chi connectivity index (χ1v) is 5.67. The second-order valence-electron chi connectivity index (χ2n) is 4.47. The van der Waals surface area contributed by atoms with E-state index < -0.39 is 0 Å². The Balaban J connectivity index is 1.96. The largest absolute Gasteiger partial charge is 0.397 e. The average Bonchev–Trinajstić information content (AvgIpc) is 2.22. The Morgan fingerprint density at radius 1 is 1.50 bits per heavy atom. The predicted octanol–water partition coefficient (Wildman–Crippen LogP) is 1.95. The second kappa shape index (κ2) is 4.29. The van der Waals surface area contributed by atoms with Crippen molar-refractivity contribution < 1.29 is 4.74 Å². The lowest BCUT2D eigenvalue weighted by Crippen LogP contribution is -2.45. The number of hydrogen-bond acceptors (Lipinski definition) is 4. The van der Waals surface area contributed by atoms with Gasteiger partial charge in [0.15, 0.2) is 0 Å². The highest BCUT2D eigenvalue weighted by atomic mass is 16.5. The Kier molecular flexibility index (Phi) is 3.01. The molecule has 1 heterocycles. The predicted molar refractivity (Wildman–Crippen MR) is 65.5 cm³/mol. The van der Waals surface area contributed by atoms with Gasteiger partial charge in [-0.25, -0.2) is 4.98 Å². The fourth-order valence-electron chi connectivity index (χ4n) is 1.95. The normalized spacial score (nSPS) is 17.9.